The first-order chi connectivity index (χ1) is 13.9. The summed E-state index contributed by atoms with van der Waals surface area (Å²) in [6.45, 7) is 2.72. The number of pyridine rings is 1. The maximum atomic E-state index is 12.3. The minimum atomic E-state index is -0.608. The molecule has 3 rings (SSSR count). The van der Waals surface area contributed by atoms with Crippen molar-refractivity contribution in [2.45, 2.75) is 13.8 Å². The monoisotopic (exact) mass is 409 g/mol. The van der Waals surface area contributed by atoms with Gasteiger partial charge in [-0.3, -0.25) is 14.6 Å². The fourth-order valence-electron chi connectivity index (χ4n) is 2.58. The Morgan fingerprint density at radius 3 is 2.28 bits per heavy atom. The number of carbonyl (C=O) groups excluding carboxylic acids is 3. The molecule has 2 amide bonds. The summed E-state index contributed by atoms with van der Waals surface area (Å²) in [5.74, 6) is -1.25. The van der Waals surface area contributed by atoms with Crippen molar-refractivity contribution in [2.75, 3.05) is 17.2 Å². The number of nitrogens with one attached hydrogen (secondary N) is 2. The lowest BCUT2D eigenvalue weighted by molar-refractivity contribution is -0.119. The summed E-state index contributed by atoms with van der Waals surface area (Å²) < 4.78 is 5.10. The molecule has 2 N–H and O–H groups in total. The van der Waals surface area contributed by atoms with Gasteiger partial charge in [-0.05, 0) is 54.8 Å². The van der Waals surface area contributed by atoms with Crippen LogP contribution >= 0.6 is 11.3 Å². The van der Waals surface area contributed by atoms with Gasteiger partial charge in [-0.1, -0.05) is 6.07 Å². The minimum Gasteiger partial charge on any atom is -0.452 e. The highest BCUT2D eigenvalue weighted by molar-refractivity contribution is 7.13. The molecule has 0 atom stereocenters. The highest BCUT2D eigenvalue weighted by Crippen LogP contribution is 2.24. The van der Waals surface area contributed by atoms with Crippen LogP contribution in [0, 0.1) is 6.92 Å². The van der Waals surface area contributed by atoms with Gasteiger partial charge >= 0.3 is 5.97 Å². The highest BCUT2D eigenvalue weighted by Gasteiger charge is 2.15. The van der Waals surface area contributed by atoms with E-state index >= 15 is 0 Å². The molecule has 0 fully saturated rings. The Hall–Kier alpha value is -3.52. The number of esters is 1. The molecule has 0 aliphatic heterocycles. The Morgan fingerprint density at radius 1 is 1.00 bits per heavy atom. The molecule has 8 heteroatoms. The van der Waals surface area contributed by atoms with Crippen LogP contribution in [0.4, 0.5) is 11.4 Å². The molecule has 0 saturated carbocycles. The molecule has 0 unspecified atom stereocenters. The molecule has 0 aliphatic rings. The van der Waals surface area contributed by atoms with Gasteiger partial charge in [0.25, 0.3) is 5.91 Å². The Bertz CT molecular complexity index is 1030. The van der Waals surface area contributed by atoms with Crippen LogP contribution < -0.4 is 10.6 Å². The molecule has 0 saturated heterocycles. The number of carbonyl (C=O) groups is 3. The van der Waals surface area contributed by atoms with Crippen molar-refractivity contribution >= 4 is 40.5 Å². The second-order valence-electron chi connectivity index (χ2n) is 6.19. The van der Waals surface area contributed by atoms with Crippen molar-refractivity contribution in [3.63, 3.8) is 0 Å². The smallest absolute Gasteiger partial charge is 0.340 e. The number of thiophene rings is 1. The van der Waals surface area contributed by atoms with Gasteiger partial charge in [-0.25, -0.2) is 4.79 Å². The number of ether oxygens (including phenoxy) is 1. The summed E-state index contributed by atoms with van der Waals surface area (Å²) in [6, 6.07) is 13.9. The van der Waals surface area contributed by atoms with E-state index in [-0.39, 0.29) is 5.91 Å². The number of hydrogen-bond donors (Lipinski definition) is 2. The first-order valence-electron chi connectivity index (χ1n) is 8.78. The molecule has 2 heterocycles. The third-order valence-corrected chi connectivity index (χ3v) is 4.80. The van der Waals surface area contributed by atoms with Gasteiger partial charge < -0.3 is 15.4 Å². The number of anilines is 2. The van der Waals surface area contributed by atoms with Crippen LogP contribution in [0.1, 0.15) is 23.0 Å². The van der Waals surface area contributed by atoms with Crippen LogP contribution in [0.5, 0.6) is 0 Å². The minimum absolute atomic E-state index is 0.179. The number of hydrogen-bond acceptors (Lipinski definition) is 6. The Morgan fingerprint density at radius 2 is 1.69 bits per heavy atom. The second kappa shape index (κ2) is 9.11. The zero-order valence-electron chi connectivity index (χ0n) is 15.9. The summed E-state index contributed by atoms with van der Waals surface area (Å²) in [6.07, 6.45) is 0. The number of aromatic nitrogens is 1. The van der Waals surface area contributed by atoms with Crippen molar-refractivity contribution in [3.05, 3.63) is 65.2 Å². The van der Waals surface area contributed by atoms with Crippen LogP contribution in [-0.4, -0.2) is 29.4 Å². The molecule has 148 valence electrons. The topological polar surface area (TPSA) is 97.4 Å². The number of aryl methyl sites for hydroxylation is 1. The van der Waals surface area contributed by atoms with Crippen LogP contribution in [0.3, 0.4) is 0 Å². The molecule has 3 aromatic rings. The van der Waals surface area contributed by atoms with Crippen LogP contribution in [0.25, 0.3) is 10.6 Å². The second-order valence-corrected chi connectivity index (χ2v) is 7.14. The van der Waals surface area contributed by atoms with E-state index in [1.807, 2.05) is 17.5 Å². The molecule has 29 heavy (non-hydrogen) atoms. The van der Waals surface area contributed by atoms with Crippen molar-refractivity contribution in [2.24, 2.45) is 0 Å². The van der Waals surface area contributed by atoms with E-state index in [4.69, 9.17) is 4.74 Å². The summed E-state index contributed by atoms with van der Waals surface area (Å²) >= 11 is 1.57. The first-order valence-corrected chi connectivity index (χ1v) is 9.66. The standard InChI is InChI=1S/C21H19N3O4S/c1-13-17(9-10-18(22-13)19-4-3-11-29-19)21(27)28-12-20(26)24-16-7-5-15(6-8-16)23-14(2)25/h3-11H,12H2,1-2H3,(H,23,25)(H,24,26). The van der Waals surface area contributed by atoms with Gasteiger partial charge in [-0.15, -0.1) is 11.3 Å². The van der Waals surface area contributed by atoms with E-state index in [0.717, 1.165) is 10.6 Å². The van der Waals surface area contributed by atoms with E-state index < -0.39 is 18.5 Å². The van der Waals surface area contributed by atoms with Crippen LogP contribution in [0.15, 0.2) is 53.9 Å². The van der Waals surface area contributed by atoms with Crippen molar-refractivity contribution in [1.82, 2.24) is 4.98 Å². The molecule has 0 aliphatic carbocycles. The molecule has 0 bridgehead atoms. The lowest BCUT2D eigenvalue weighted by atomic mass is 10.2. The molecule has 7 nitrogen and oxygen atoms in total. The SMILES string of the molecule is CC(=O)Nc1ccc(NC(=O)COC(=O)c2ccc(-c3cccs3)nc2C)cc1. The van der Waals surface area contributed by atoms with E-state index in [2.05, 4.69) is 15.6 Å². The largest absolute Gasteiger partial charge is 0.452 e. The highest BCUT2D eigenvalue weighted by atomic mass is 32.1. The summed E-state index contributed by atoms with van der Waals surface area (Å²) in [4.78, 5) is 40.8. The van der Waals surface area contributed by atoms with Crippen molar-refractivity contribution < 1.29 is 19.1 Å². The predicted molar refractivity (Wildman–Crippen MR) is 112 cm³/mol. The molecular weight excluding hydrogens is 390 g/mol. The van der Waals surface area contributed by atoms with E-state index in [1.165, 1.54) is 6.92 Å². The lowest BCUT2D eigenvalue weighted by Crippen LogP contribution is -2.21. The normalized spacial score (nSPS) is 10.3. The van der Waals surface area contributed by atoms with Crippen LogP contribution in [-0.2, 0) is 14.3 Å². The zero-order valence-corrected chi connectivity index (χ0v) is 16.7. The predicted octanol–water partition coefficient (Wildman–Crippen LogP) is 3.87. The molecule has 1 aromatic carbocycles. The van der Waals surface area contributed by atoms with E-state index in [0.29, 0.717) is 22.6 Å². The maximum absolute atomic E-state index is 12.3. The fraction of sp³-hybridized carbons (Fsp3) is 0.143. The Labute approximate surface area is 171 Å². The quantitative estimate of drug-likeness (QED) is 0.602. The lowest BCUT2D eigenvalue weighted by Gasteiger charge is -2.09. The number of rotatable bonds is 6. The van der Waals surface area contributed by atoms with E-state index in [9.17, 15) is 14.4 Å². The molecule has 2 aromatic heterocycles. The Kier molecular flexibility index (Phi) is 6.36. The third-order valence-electron chi connectivity index (χ3n) is 3.90. The van der Waals surface area contributed by atoms with Crippen LogP contribution in [0.2, 0.25) is 0 Å². The maximum Gasteiger partial charge on any atom is 0.340 e. The van der Waals surface area contributed by atoms with Crippen molar-refractivity contribution in [3.8, 4) is 10.6 Å². The number of benzene rings is 1. The van der Waals surface area contributed by atoms with Gasteiger partial charge in [0.15, 0.2) is 6.61 Å². The zero-order chi connectivity index (χ0) is 20.8. The van der Waals surface area contributed by atoms with Gasteiger partial charge in [0.1, 0.15) is 0 Å². The summed E-state index contributed by atoms with van der Waals surface area (Å²) in [5.41, 5.74) is 2.79. The van der Waals surface area contributed by atoms with Gasteiger partial charge in [0.05, 0.1) is 21.8 Å². The summed E-state index contributed by atoms with van der Waals surface area (Å²) in [5, 5.41) is 7.22. The molecular formula is C21H19N3O4S. The first kappa shape index (κ1) is 20.2. The van der Waals surface area contributed by atoms with Crippen molar-refractivity contribution in [1.29, 1.82) is 0 Å². The third kappa shape index (κ3) is 5.49. The van der Waals surface area contributed by atoms with Gasteiger partial charge in [-0.2, -0.15) is 0 Å². The fourth-order valence-corrected chi connectivity index (χ4v) is 3.28. The summed E-state index contributed by atoms with van der Waals surface area (Å²) in [7, 11) is 0. The van der Waals surface area contributed by atoms with E-state index in [1.54, 1.807) is 54.7 Å². The average molecular weight is 409 g/mol. The molecule has 0 radical (unpaired) electrons. The molecule has 0 spiro atoms. The Balaban J connectivity index is 1.54. The van der Waals surface area contributed by atoms with Gasteiger partial charge in [0.2, 0.25) is 5.91 Å². The number of amides is 2. The number of nitrogens with zero attached hydrogens (tertiary/aromatic N) is 1. The average Bonchev–Trinajstić information content (AvgIpc) is 3.22. The van der Waals surface area contributed by atoms with Gasteiger partial charge in [0, 0.05) is 18.3 Å².